The highest BCUT2D eigenvalue weighted by Crippen LogP contribution is 2.22. The molecule has 0 spiro atoms. The first kappa shape index (κ1) is 14.7. The molecular formula is C17H20N6O. The number of piperazine rings is 1. The molecule has 1 aliphatic rings. The van der Waals surface area contributed by atoms with Crippen LogP contribution in [0.15, 0.2) is 36.5 Å². The van der Waals surface area contributed by atoms with Crippen LogP contribution in [0.3, 0.4) is 0 Å². The molecule has 4 rings (SSSR count). The smallest absolute Gasteiger partial charge is 0.272 e. The van der Waals surface area contributed by atoms with Crippen molar-refractivity contribution in [1.29, 1.82) is 0 Å². The summed E-state index contributed by atoms with van der Waals surface area (Å²) in [7, 11) is 3.83. The average Bonchev–Trinajstić information content (AvgIpc) is 3.18. The number of carbonyl (C=O) groups is 1. The molecule has 7 nitrogen and oxygen atoms in total. The summed E-state index contributed by atoms with van der Waals surface area (Å²) in [5, 5.41) is 4.08. The second-order valence-electron chi connectivity index (χ2n) is 6.08. The minimum atomic E-state index is 0.0413. The van der Waals surface area contributed by atoms with Crippen LogP contribution in [-0.4, -0.2) is 56.3 Å². The fraction of sp³-hybridized carbons (Fsp3) is 0.353. The van der Waals surface area contributed by atoms with E-state index in [1.165, 1.54) is 0 Å². The Kier molecular flexibility index (Phi) is 3.48. The zero-order valence-corrected chi connectivity index (χ0v) is 13.9. The van der Waals surface area contributed by atoms with Crippen molar-refractivity contribution >= 4 is 22.9 Å². The van der Waals surface area contributed by atoms with Crippen LogP contribution < -0.4 is 4.90 Å². The summed E-state index contributed by atoms with van der Waals surface area (Å²) in [5.74, 6) is 1.00. The molecule has 0 saturated carbocycles. The second-order valence-corrected chi connectivity index (χ2v) is 6.08. The number of anilines is 1. The van der Waals surface area contributed by atoms with Crippen LogP contribution in [0.1, 0.15) is 10.5 Å². The van der Waals surface area contributed by atoms with Gasteiger partial charge < -0.3 is 14.4 Å². The number of carbonyl (C=O) groups excluding carboxylic acids is 1. The Morgan fingerprint density at radius 1 is 1.04 bits per heavy atom. The number of hydrogen-bond donors (Lipinski definition) is 0. The first-order valence-electron chi connectivity index (χ1n) is 8.09. The summed E-state index contributed by atoms with van der Waals surface area (Å²) >= 11 is 0. The maximum atomic E-state index is 12.6. The Balaban J connectivity index is 1.50. The lowest BCUT2D eigenvalue weighted by Gasteiger charge is -2.35. The van der Waals surface area contributed by atoms with Crippen molar-refractivity contribution in [3.63, 3.8) is 0 Å². The van der Waals surface area contributed by atoms with Gasteiger partial charge in [0.1, 0.15) is 5.69 Å². The predicted octanol–water partition coefficient (Wildman–Crippen LogP) is 1.27. The lowest BCUT2D eigenvalue weighted by molar-refractivity contribution is 0.0735. The maximum Gasteiger partial charge on any atom is 0.272 e. The third-order valence-electron chi connectivity index (χ3n) is 4.65. The summed E-state index contributed by atoms with van der Waals surface area (Å²) in [6, 6.07) is 9.90. The number of hydrogen-bond acceptors (Lipinski definition) is 4. The highest BCUT2D eigenvalue weighted by molar-refractivity contribution is 5.92. The number of imidazole rings is 1. The lowest BCUT2D eigenvalue weighted by Crippen LogP contribution is -2.49. The molecule has 0 aliphatic carbocycles. The number of aromatic nitrogens is 4. The highest BCUT2D eigenvalue weighted by Gasteiger charge is 2.25. The topological polar surface area (TPSA) is 59.2 Å². The van der Waals surface area contributed by atoms with Crippen molar-refractivity contribution in [2.45, 2.75) is 0 Å². The van der Waals surface area contributed by atoms with Crippen molar-refractivity contribution in [2.24, 2.45) is 14.1 Å². The third kappa shape index (κ3) is 2.33. The molecule has 1 amide bonds. The van der Waals surface area contributed by atoms with Gasteiger partial charge in [-0.05, 0) is 18.2 Å². The van der Waals surface area contributed by atoms with Gasteiger partial charge in [-0.1, -0.05) is 12.1 Å². The predicted molar refractivity (Wildman–Crippen MR) is 92.0 cm³/mol. The average molecular weight is 324 g/mol. The van der Waals surface area contributed by atoms with E-state index in [0.29, 0.717) is 18.8 Å². The zero-order chi connectivity index (χ0) is 16.7. The Labute approximate surface area is 140 Å². The normalized spacial score (nSPS) is 15.2. The molecule has 7 heteroatoms. The Hall–Kier alpha value is -2.83. The van der Waals surface area contributed by atoms with Gasteiger partial charge in [0.25, 0.3) is 5.91 Å². The number of para-hydroxylation sites is 2. The molecule has 124 valence electrons. The molecule has 3 aromatic rings. The standard InChI is InChI=1S/C17H20N6O/c1-20-14-6-4-3-5-13(14)19-17(20)23-11-9-22(10-12-23)16(24)15-7-8-18-21(15)2/h3-8H,9-12H2,1-2H3. The number of rotatable bonds is 2. The van der Waals surface area contributed by atoms with Gasteiger partial charge in [-0.25, -0.2) is 4.98 Å². The Bertz CT molecular complexity index is 888. The lowest BCUT2D eigenvalue weighted by atomic mass is 10.3. The molecule has 0 radical (unpaired) electrons. The van der Waals surface area contributed by atoms with Gasteiger partial charge in [0.05, 0.1) is 11.0 Å². The van der Waals surface area contributed by atoms with Crippen LogP contribution in [0.2, 0.25) is 0 Å². The number of fused-ring (bicyclic) bond motifs is 1. The Morgan fingerprint density at radius 3 is 2.46 bits per heavy atom. The summed E-state index contributed by atoms with van der Waals surface area (Å²) in [4.78, 5) is 21.4. The molecule has 0 N–H and O–H groups in total. The molecule has 1 aromatic carbocycles. The summed E-state index contributed by atoms with van der Waals surface area (Å²) in [6.07, 6.45) is 1.66. The number of benzene rings is 1. The fourth-order valence-electron chi connectivity index (χ4n) is 3.27. The summed E-state index contributed by atoms with van der Waals surface area (Å²) in [5.41, 5.74) is 2.76. The van der Waals surface area contributed by atoms with Crippen molar-refractivity contribution in [3.05, 3.63) is 42.2 Å². The van der Waals surface area contributed by atoms with Crippen LogP contribution in [0.25, 0.3) is 11.0 Å². The fourth-order valence-corrected chi connectivity index (χ4v) is 3.27. The third-order valence-corrected chi connectivity index (χ3v) is 4.65. The summed E-state index contributed by atoms with van der Waals surface area (Å²) < 4.78 is 3.74. The van der Waals surface area contributed by atoms with E-state index < -0.39 is 0 Å². The molecule has 3 heterocycles. The molecule has 0 atom stereocenters. The van der Waals surface area contributed by atoms with E-state index in [2.05, 4.69) is 20.6 Å². The first-order chi connectivity index (χ1) is 11.6. The molecule has 0 unspecified atom stereocenters. The minimum Gasteiger partial charge on any atom is -0.339 e. The quantitative estimate of drug-likeness (QED) is 0.712. The molecule has 1 aliphatic heterocycles. The Morgan fingerprint density at radius 2 is 1.79 bits per heavy atom. The monoisotopic (exact) mass is 324 g/mol. The largest absolute Gasteiger partial charge is 0.339 e. The maximum absolute atomic E-state index is 12.6. The molecule has 2 aromatic heterocycles. The van der Waals surface area contributed by atoms with Gasteiger partial charge in [0, 0.05) is 46.5 Å². The van der Waals surface area contributed by atoms with Gasteiger partial charge in [0.15, 0.2) is 0 Å². The van der Waals surface area contributed by atoms with Crippen molar-refractivity contribution in [2.75, 3.05) is 31.1 Å². The van der Waals surface area contributed by atoms with E-state index >= 15 is 0 Å². The van der Waals surface area contributed by atoms with Crippen molar-refractivity contribution in [3.8, 4) is 0 Å². The van der Waals surface area contributed by atoms with Crippen LogP contribution in [-0.2, 0) is 14.1 Å². The molecular weight excluding hydrogens is 304 g/mol. The van der Waals surface area contributed by atoms with Crippen LogP contribution in [0, 0.1) is 0 Å². The van der Waals surface area contributed by atoms with Crippen LogP contribution in [0.5, 0.6) is 0 Å². The van der Waals surface area contributed by atoms with Gasteiger partial charge in [-0.15, -0.1) is 0 Å². The minimum absolute atomic E-state index is 0.0413. The zero-order valence-electron chi connectivity index (χ0n) is 13.9. The first-order valence-corrected chi connectivity index (χ1v) is 8.09. The van der Waals surface area contributed by atoms with Crippen molar-refractivity contribution in [1.82, 2.24) is 24.2 Å². The van der Waals surface area contributed by atoms with Gasteiger partial charge in [0.2, 0.25) is 5.95 Å². The molecule has 24 heavy (non-hydrogen) atoms. The summed E-state index contributed by atoms with van der Waals surface area (Å²) in [6.45, 7) is 2.93. The van der Waals surface area contributed by atoms with Crippen LogP contribution in [0.4, 0.5) is 5.95 Å². The van der Waals surface area contributed by atoms with Gasteiger partial charge >= 0.3 is 0 Å². The van der Waals surface area contributed by atoms with Gasteiger partial charge in [-0.3, -0.25) is 9.48 Å². The van der Waals surface area contributed by atoms with E-state index in [1.807, 2.05) is 30.1 Å². The SMILES string of the molecule is Cn1nccc1C(=O)N1CCN(c2nc3ccccc3n2C)CC1. The van der Waals surface area contributed by atoms with E-state index in [9.17, 15) is 4.79 Å². The van der Waals surface area contributed by atoms with E-state index in [0.717, 1.165) is 30.1 Å². The van der Waals surface area contributed by atoms with Gasteiger partial charge in [-0.2, -0.15) is 5.10 Å². The van der Waals surface area contributed by atoms with E-state index in [1.54, 1.807) is 24.0 Å². The number of nitrogens with zero attached hydrogens (tertiary/aromatic N) is 6. The molecule has 0 bridgehead atoms. The van der Waals surface area contributed by atoms with E-state index in [4.69, 9.17) is 4.98 Å². The van der Waals surface area contributed by atoms with Crippen LogP contribution >= 0.6 is 0 Å². The van der Waals surface area contributed by atoms with Crippen molar-refractivity contribution < 1.29 is 4.79 Å². The molecule has 1 fully saturated rings. The van der Waals surface area contributed by atoms with E-state index in [-0.39, 0.29) is 5.91 Å². The number of aryl methyl sites for hydroxylation is 2. The highest BCUT2D eigenvalue weighted by atomic mass is 16.2. The number of amides is 1. The molecule has 1 saturated heterocycles. The second kappa shape index (κ2) is 5.67.